The van der Waals surface area contributed by atoms with Gasteiger partial charge in [0.2, 0.25) is 0 Å². The number of unbranched alkanes of at least 4 members (excludes halogenated alkanes) is 15. The molecular formula is C24H45NO4. The van der Waals surface area contributed by atoms with Gasteiger partial charge in [-0.2, -0.15) is 0 Å². The summed E-state index contributed by atoms with van der Waals surface area (Å²) in [5, 5.41) is 0. The van der Waals surface area contributed by atoms with Gasteiger partial charge in [-0.25, -0.2) is 19.4 Å². The molecule has 5 nitrogen and oxygen atoms in total. The maximum absolute atomic E-state index is 11.4. The average molecular weight is 412 g/mol. The Hall–Kier alpha value is -1.36. The van der Waals surface area contributed by atoms with Crippen molar-refractivity contribution in [2.45, 2.75) is 110 Å². The van der Waals surface area contributed by atoms with Gasteiger partial charge in [0, 0.05) is 6.08 Å². The Morgan fingerprint density at radius 1 is 0.690 bits per heavy atom. The summed E-state index contributed by atoms with van der Waals surface area (Å²) < 4.78 is 0. The Bertz CT molecular complexity index is 421. The summed E-state index contributed by atoms with van der Waals surface area (Å²) in [7, 11) is 3.47. The van der Waals surface area contributed by atoms with Gasteiger partial charge in [-0.1, -0.05) is 103 Å². The van der Waals surface area contributed by atoms with E-state index in [2.05, 4.69) is 16.7 Å². The van der Waals surface area contributed by atoms with Gasteiger partial charge in [-0.15, -0.1) is 0 Å². The molecule has 0 radical (unpaired) electrons. The van der Waals surface area contributed by atoms with E-state index in [4.69, 9.17) is 0 Å². The molecule has 0 aromatic carbocycles. The predicted molar refractivity (Wildman–Crippen MR) is 119 cm³/mol. The number of allylic oxidation sites excluding steroid dienone is 1. The molecule has 0 bridgehead atoms. The normalized spacial score (nSPS) is 11.3. The number of likely N-dealkylation sites (N-methyl/N-ethyl adjacent to an activating group) is 1. The molecule has 0 N–H and O–H groups in total. The Morgan fingerprint density at radius 2 is 1.14 bits per heavy atom. The zero-order chi connectivity index (χ0) is 21.6. The van der Waals surface area contributed by atoms with Crippen LogP contribution in [0.3, 0.4) is 0 Å². The Labute approximate surface area is 179 Å². The van der Waals surface area contributed by atoms with Crippen LogP contribution in [0.4, 0.5) is 0 Å². The van der Waals surface area contributed by atoms with Gasteiger partial charge in [0.25, 0.3) is 0 Å². The highest BCUT2D eigenvalue weighted by Crippen LogP contribution is 2.13. The minimum atomic E-state index is -0.641. The zero-order valence-electron chi connectivity index (χ0n) is 19.3. The smallest absolute Gasteiger partial charge is 0.299 e. The molecule has 0 unspecified atom stereocenters. The molecule has 0 aliphatic rings. The maximum atomic E-state index is 11.4. The summed E-state index contributed by atoms with van der Waals surface area (Å²) in [5.74, 6) is -1.22. The highest BCUT2D eigenvalue weighted by atomic mass is 17.2. The third kappa shape index (κ3) is 22.8. The summed E-state index contributed by atoms with van der Waals surface area (Å²) >= 11 is 0. The fourth-order valence-corrected chi connectivity index (χ4v) is 3.21. The number of carbonyl (C=O) groups is 2. The van der Waals surface area contributed by atoms with Crippen LogP contribution in [0.2, 0.25) is 0 Å². The number of carbonyl (C=O) groups excluding carboxylic acids is 2. The predicted octanol–water partition coefficient (Wildman–Crippen LogP) is 6.37. The van der Waals surface area contributed by atoms with Gasteiger partial charge in [0.15, 0.2) is 0 Å². The van der Waals surface area contributed by atoms with Gasteiger partial charge in [-0.3, -0.25) is 4.90 Å². The van der Waals surface area contributed by atoms with Crippen LogP contribution in [0.25, 0.3) is 0 Å². The molecule has 0 fully saturated rings. The van der Waals surface area contributed by atoms with Crippen molar-refractivity contribution in [3.63, 3.8) is 0 Å². The van der Waals surface area contributed by atoms with E-state index in [0.717, 1.165) is 12.8 Å². The van der Waals surface area contributed by atoms with Crippen molar-refractivity contribution in [1.82, 2.24) is 4.90 Å². The summed E-state index contributed by atoms with van der Waals surface area (Å²) in [6.07, 6.45) is 24.1. The molecule has 0 aliphatic heterocycles. The monoisotopic (exact) mass is 411 g/mol. The van der Waals surface area contributed by atoms with E-state index in [1.807, 2.05) is 0 Å². The van der Waals surface area contributed by atoms with Crippen molar-refractivity contribution < 1.29 is 19.4 Å². The second-order valence-corrected chi connectivity index (χ2v) is 8.24. The van der Waals surface area contributed by atoms with Crippen LogP contribution >= 0.6 is 0 Å². The van der Waals surface area contributed by atoms with Crippen molar-refractivity contribution in [2.75, 3.05) is 20.6 Å². The molecule has 0 heterocycles. The lowest BCUT2D eigenvalue weighted by atomic mass is 10.0. The van der Waals surface area contributed by atoms with Gasteiger partial charge in [-0.05, 0) is 26.9 Å². The first-order valence-electron chi connectivity index (χ1n) is 11.8. The molecule has 0 rings (SSSR count). The van der Waals surface area contributed by atoms with E-state index in [1.54, 1.807) is 25.1 Å². The number of rotatable bonds is 19. The molecule has 29 heavy (non-hydrogen) atoms. The van der Waals surface area contributed by atoms with E-state index >= 15 is 0 Å². The minimum absolute atomic E-state index is 0.0795. The third-order valence-electron chi connectivity index (χ3n) is 4.89. The molecule has 170 valence electrons. The molecule has 5 heteroatoms. The lowest BCUT2D eigenvalue weighted by molar-refractivity contribution is -0.255. The number of nitrogens with zero attached hydrogens (tertiary/aromatic N) is 1. The standard InChI is InChI=1S/C24H45NO4/c1-4-5-6-7-8-9-10-11-12-13-14-15-16-17-18-19-20-21-23(26)28-29-24(27)22-25(2)3/h20-21H,4-19,22H2,1-3H3/b21-20+. The van der Waals surface area contributed by atoms with Crippen molar-refractivity contribution in [3.8, 4) is 0 Å². The second kappa shape index (κ2) is 21.4. The first-order chi connectivity index (χ1) is 14.1. The largest absolute Gasteiger partial charge is 0.378 e. The van der Waals surface area contributed by atoms with Crippen LogP contribution in [-0.2, 0) is 19.4 Å². The molecule has 0 aromatic rings. The second-order valence-electron chi connectivity index (χ2n) is 8.24. The van der Waals surface area contributed by atoms with Gasteiger partial charge < -0.3 is 0 Å². The number of hydrogen-bond acceptors (Lipinski definition) is 5. The summed E-state index contributed by atoms with van der Waals surface area (Å²) in [4.78, 5) is 33.1. The summed E-state index contributed by atoms with van der Waals surface area (Å²) in [6.45, 7) is 2.35. The SMILES string of the molecule is CCCCCCCCCCCCCCCCC/C=C/C(=O)OOC(=O)CN(C)C. The van der Waals surface area contributed by atoms with Crippen molar-refractivity contribution in [3.05, 3.63) is 12.2 Å². The highest BCUT2D eigenvalue weighted by molar-refractivity contribution is 5.82. The van der Waals surface area contributed by atoms with Gasteiger partial charge in [0.05, 0.1) is 0 Å². The third-order valence-corrected chi connectivity index (χ3v) is 4.89. The summed E-state index contributed by atoms with van der Waals surface area (Å²) in [5.41, 5.74) is 0. The lowest BCUT2D eigenvalue weighted by Gasteiger charge is -2.06. The van der Waals surface area contributed by atoms with Crippen LogP contribution in [-0.4, -0.2) is 37.5 Å². The molecule has 0 atom stereocenters. The molecule has 0 aromatic heterocycles. The van der Waals surface area contributed by atoms with E-state index in [1.165, 1.54) is 96.0 Å². The van der Waals surface area contributed by atoms with Crippen molar-refractivity contribution in [2.24, 2.45) is 0 Å². The first kappa shape index (κ1) is 27.6. The van der Waals surface area contributed by atoms with Gasteiger partial charge in [0.1, 0.15) is 6.54 Å². The fourth-order valence-electron chi connectivity index (χ4n) is 3.21. The number of hydrogen-bond donors (Lipinski definition) is 0. The Balaban J connectivity index is 3.29. The molecule has 0 spiro atoms. The van der Waals surface area contributed by atoms with E-state index < -0.39 is 11.9 Å². The minimum Gasteiger partial charge on any atom is -0.299 e. The van der Waals surface area contributed by atoms with Crippen molar-refractivity contribution in [1.29, 1.82) is 0 Å². The van der Waals surface area contributed by atoms with Crippen LogP contribution < -0.4 is 0 Å². The van der Waals surface area contributed by atoms with Crippen LogP contribution in [0, 0.1) is 0 Å². The molecular weight excluding hydrogens is 366 g/mol. The first-order valence-corrected chi connectivity index (χ1v) is 11.8. The Kier molecular flexibility index (Phi) is 20.3. The van der Waals surface area contributed by atoms with Crippen LogP contribution in [0.5, 0.6) is 0 Å². The van der Waals surface area contributed by atoms with Gasteiger partial charge >= 0.3 is 11.9 Å². The Morgan fingerprint density at radius 3 is 1.59 bits per heavy atom. The lowest BCUT2D eigenvalue weighted by Crippen LogP contribution is -2.24. The van der Waals surface area contributed by atoms with Crippen molar-refractivity contribution >= 4 is 11.9 Å². The topological polar surface area (TPSA) is 55.8 Å². The average Bonchev–Trinajstić information content (AvgIpc) is 2.68. The van der Waals surface area contributed by atoms with E-state index in [9.17, 15) is 9.59 Å². The molecule has 0 aliphatic carbocycles. The highest BCUT2D eigenvalue weighted by Gasteiger charge is 2.08. The van der Waals surface area contributed by atoms with E-state index in [0.29, 0.717) is 0 Å². The van der Waals surface area contributed by atoms with E-state index in [-0.39, 0.29) is 6.54 Å². The fraction of sp³-hybridized carbons (Fsp3) is 0.833. The molecule has 0 amide bonds. The zero-order valence-corrected chi connectivity index (χ0v) is 19.3. The van der Waals surface area contributed by atoms with Crippen LogP contribution in [0.1, 0.15) is 110 Å². The quantitative estimate of drug-likeness (QED) is 0.107. The van der Waals surface area contributed by atoms with Crippen LogP contribution in [0.15, 0.2) is 12.2 Å². The molecule has 0 saturated heterocycles. The maximum Gasteiger partial charge on any atom is 0.378 e. The summed E-state index contributed by atoms with van der Waals surface area (Å²) in [6, 6.07) is 0. The molecule has 0 saturated carbocycles.